The van der Waals surface area contributed by atoms with Crippen molar-refractivity contribution in [1.29, 1.82) is 5.26 Å². The average Bonchev–Trinajstić information content (AvgIpc) is 2.54. The molecule has 2 aromatic heterocycles. The number of halogens is 1. The van der Waals surface area contributed by atoms with E-state index in [2.05, 4.69) is 11.1 Å². The Morgan fingerprint density at radius 3 is 3.07 bits per heavy atom. The van der Waals surface area contributed by atoms with Gasteiger partial charge in [0.25, 0.3) is 0 Å². The lowest BCUT2D eigenvalue weighted by Gasteiger charge is -1.94. The number of imidazole rings is 1. The molecule has 0 fully saturated rings. The van der Waals surface area contributed by atoms with Crippen LogP contribution in [0.2, 0.25) is 5.02 Å². The number of nitriles is 1. The predicted molar refractivity (Wildman–Crippen MR) is 52.8 cm³/mol. The molecular weight excluding hydrogens is 200 g/mol. The number of hydrogen-bond acceptors (Lipinski definition) is 3. The van der Waals surface area contributed by atoms with Gasteiger partial charge in [0.1, 0.15) is 17.4 Å². The van der Waals surface area contributed by atoms with Gasteiger partial charge in [-0.3, -0.25) is 4.40 Å². The molecule has 0 aliphatic heterocycles. The largest absolute Gasteiger partial charge is 0.325 e. The molecule has 5 heteroatoms. The third kappa shape index (κ3) is 1.23. The van der Waals surface area contributed by atoms with E-state index in [9.17, 15) is 0 Å². The van der Waals surface area contributed by atoms with E-state index in [0.717, 1.165) is 0 Å². The fourth-order valence-corrected chi connectivity index (χ4v) is 1.48. The van der Waals surface area contributed by atoms with E-state index < -0.39 is 0 Å². The van der Waals surface area contributed by atoms with Gasteiger partial charge >= 0.3 is 0 Å². The Morgan fingerprint density at radius 1 is 1.64 bits per heavy atom. The van der Waals surface area contributed by atoms with Gasteiger partial charge in [-0.2, -0.15) is 5.26 Å². The molecule has 0 aliphatic carbocycles. The molecule has 2 N–H and O–H groups in total. The Morgan fingerprint density at radius 2 is 2.43 bits per heavy atom. The lowest BCUT2D eigenvalue weighted by Crippen LogP contribution is -1.99. The summed E-state index contributed by atoms with van der Waals surface area (Å²) >= 11 is 5.80. The molecule has 14 heavy (non-hydrogen) atoms. The van der Waals surface area contributed by atoms with E-state index in [0.29, 0.717) is 22.1 Å². The summed E-state index contributed by atoms with van der Waals surface area (Å²) in [5.41, 5.74) is 7.18. The number of hydrogen-bond donors (Lipinski definition) is 1. The second-order valence-electron chi connectivity index (χ2n) is 2.80. The van der Waals surface area contributed by atoms with Crippen LogP contribution in [0, 0.1) is 11.3 Å². The fourth-order valence-electron chi connectivity index (χ4n) is 1.33. The second-order valence-corrected chi connectivity index (χ2v) is 3.23. The first kappa shape index (κ1) is 9.00. The van der Waals surface area contributed by atoms with E-state index in [1.807, 2.05) is 0 Å². The monoisotopic (exact) mass is 206 g/mol. The fraction of sp³-hybridized carbons (Fsp3) is 0.111. The lowest BCUT2D eigenvalue weighted by molar-refractivity contribution is 1.00. The number of aromatic nitrogens is 2. The molecule has 0 saturated heterocycles. The summed E-state index contributed by atoms with van der Waals surface area (Å²) in [5, 5.41) is 9.50. The first-order chi connectivity index (χ1) is 6.76. The van der Waals surface area contributed by atoms with Gasteiger partial charge in [-0.15, -0.1) is 0 Å². The van der Waals surface area contributed by atoms with Crippen LogP contribution in [0.5, 0.6) is 0 Å². The minimum atomic E-state index is 0.252. The summed E-state index contributed by atoms with van der Waals surface area (Å²) in [7, 11) is 0. The summed E-state index contributed by atoms with van der Waals surface area (Å²) < 4.78 is 1.67. The molecule has 0 radical (unpaired) electrons. The van der Waals surface area contributed by atoms with Crippen molar-refractivity contribution in [2.24, 2.45) is 5.73 Å². The van der Waals surface area contributed by atoms with Crippen LogP contribution in [0.4, 0.5) is 0 Å². The van der Waals surface area contributed by atoms with E-state index in [1.54, 1.807) is 22.7 Å². The van der Waals surface area contributed by atoms with Crippen LogP contribution in [0.3, 0.4) is 0 Å². The average molecular weight is 207 g/mol. The van der Waals surface area contributed by atoms with Crippen molar-refractivity contribution in [2.75, 3.05) is 0 Å². The van der Waals surface area contributed by atoms with Crippen LogP contribution in [-0.2, 0) is 6.54 Å². The normalized spacial score (nSPS) is 10.4. The molecule has 0 aromatic carbocycles. The van der Waals surface area contributed by atoms with Crippen molar-refractivity contribution < 1.29 is 0 Å². The highest BCUT2D eigenvalue weighted by Gasteiger charge is 2.09. The van der Waals surface area contributed by atoms with Crippen LogP contribution in [0.25, 0.3) is 5.65 Å². The highest BCUT2D eigenvalue weighted by Crippen LogP contribution is 2.15. The van der Waals surface area contributed by atoms with E-state index >= 15 is 0 Å². The van der Waals surface area contributed by atoms with Crippen molar-refractivity contribution in [3.8, 4) is 6.07 Å². The van der Waals surface area contributed by atoms with Crippen LogP contribution >= 0.6 is 11.6 Å². The molecule has 4 nitrogen and oxygen atoms in total. The van der Waals surface area contributed by atoms with Crippen molar-refractivity contribution in [2.45, 2.75) is 6.54 Å². The molecule has 2 heterocycles. The van der Waals surface area contributed by atoms with Gasteiger partial charge in [-0.1, -0.05) is 11.6 Å². The zero-order valence-electron chi connectivity index (χ0n) is 7.24. The molecule has 0 spiro atoms. The van der Waals surface area contributed by atoms with Gasteiger partial charge in [0.15, 0.2) is 0 Å². The maximum absolute atomic E-state index is 8.91. The van der Waals surface area contributed by atoms with Gasteiger partial charge in [0.2, 0.25) is 0 Å². The van der Waals surface area contributed by atoms with Crippen LogP contribution in [-0.4, -0.2) is 9.38 Å². The standard InChI is InChI=1S/C9H7ClN4/c10-6-1-2-14-8(5-12)7(4-11)13-9(14)3-6/h1-3H,4,11H2. The van der Waals surface area contributed by atoms with Crippen molar-refractivity contribution in [1.82, 2.24) is 9.38 Å². The Kier molecular flexibility index (Phi) is 2.12. The summed E-state index contributed by atoms with van der Waals surface area (Å²) in [4.78, 5) is 4.19. The van der Waals surface area contributed by atoms with Crippen LogP contribution in [0.1, 0.15) is 11.4 Å². The molecule has 70 valence electrons. The predicted octanol–water partition coefficient (Wildman–Crippen LogP) is 1.32. The summed E-state index contributed by atoms with van der Waals surface area (Å²) in [6, 6.07) is 5.47. The Hall–Kier alpha value is -1.57. The topological polar surface area (TPSA) is 67.1 Å². The first-order valence-corrected chi connectivity index (χ1v) is 4.40. The summed E-state index contributed by atoms with van der Waals surface area (Å²) in [6.07, 6.45) is 1.71. The molecule has 0 amide bonds. The molecule has 0 saturated carbocycles. The molecule has 2 aromatic rings. The third-order valence-electron chi connectivity index (χ3n) is 1.96. The number of nitrogens with zero attached hydrogens (tertiary/aromatic N) is 3. The van der Waals surface area contributed by atoms with Crippen LogP contribution < -0.4 is 5.73 Å². The zero-order chi connectivity index (χ0) is 10.1. The van der Waals surface area contributed by atoms with Crippen molar-refractivity contribution in [3.63, 3.8) is 0 Å². The highest BCUT2D eigenvalue weighted by atomic mass is 35.5. The minimum absolute atomic E-state index is 0.252. The number of pyridine rings is 1. The van der Waals surface area contributed by atoms with E-state index in [4.69, 9.17) is 22.6 Å². The molecule has 0 aliphatic rings. The second kappa shape index (κ2) is 3.29. The number of rotatable bonds is 1. The highest BCUT2D eigenvalue weighted by molar-refractivity contribution is 6.30. The maximum Gasteiger partial charge on any atom is 0.149 e. The quantitative estimate of drug-likeness (QED) is 0.765. The third-order valence-corrected chi connectivity index (χ3v) is 2.19. The molecule has 0 unspecified atom stereocenters. The zero-order valence-corrected chi connectivity index (χ0v) is 7.99. The first-order valence-electron chi connectivity index (χ1n) is 4.03. The van der Waals surface area contributed by atoms with E-state index in [1.165, 1.54) is 0 Å². The number of fused-ring (bicyclic) bond motifs is 1. The van der Waals surface area contributed by atoms with Gasteiger partial charge in [0.05, 0.1) is 5.69 Å². The van der Waals surface area contributed by atoms with Crippen LogP contribution in [0.15, 0.2) is 18.3 Å². The van der Waals surface area contributed by atoms with Crippen molar-refractivity contribution >= 4 is 17.2 Å². The minimum Gasteiger partial charge on any atom is -0.325 e. The Labute approximate surface area is 85.5 Å². The van der Waals surface area contributed by atoms with Gasteiger partial charge < -0.3 is 5.73 Å². The SMILES string of the molecule is N#Cc1c(CN)nc2cc(Cl)ccn12. The Bertz CT molecular complexity index is 523. The van der Waals surface area contributed by atoms with Gasteiger partial charge in [0, 0.05) is 23.8 Å². The van der Waals surface area contributed by atoms with Gasteiger partial charge in [-0.05, 0) is 6.07 Å². The van der Waals surface area contributed by atoms with E-state index in [-0.39, 0.29) is 6.54 Å². The molecule has 0 atom stereocenters. The Balaban J connectivity index is 2.81. The summed E-state index contributed by atoms with van der Waals surface area (Å²) in [5.74, 6) is 0. The molecule has 2 rings (SSSR count). The smallest absolute Gasteiger partial charge is 0.149 e. The lowest BCUT2D eigenvalue weighted by atomic mass is 10.3. The maximum atomic E-state index is 8.91. The van der Waals surface area contributed by atoms with Crippen molar-refractivity contribution in [3.05, 3.63) is 34.7 Å². The summed E-state index contributed by atoms with van der Waals surface area (Å²) in [6.45, 7) is 0.252. The van der Waals surface area contributed by atoms with Gasteiger partial charge in [-0.25, -0.2) is 4.98 Å². The molecule has 0 bridgehead atoms. The molecular formula is C9H7ClN4. The number of nitrogens with two attached hydrogens (primary N) is 1.